The summed E-state index contributed by atoms with van der Waals surface area (Å²) in [5.41, 5.74) is 2.67. The molecule has 0 amide bonds. The van der Waals surface area contributed by atoms with Crippen LogP contribution in [0.3, 0.4) is 0 Å². The molecule has 182 valence electrons. The van der Waals surface area contributed by atoms with Gasteiger partial charge in [0.05, 0.1) is 18.8 Å². The number of rotatable bonds is 10. The number of benzene rings is 1. The van der Waals surface area contributed by atoms with Gasteiger partial charge in [-0.3, -0.25) is 14.3 Å². The Morgan fingerprint density at radius 3 is 2.42 bits per heavy atom. The SMILES string of the molecule is CCCC(CCC)COc1cnc(C(C)N2Cc3ccc(C)cc3C2)n(CC(F)(F)F)c1=O. The number of ether oxygens (including phenoxy) is 1. The predicted molar refractivity (Wildman–Crippen MR) is 122 cm³/mol. The lowest BCUT2D eigenvalue weighted by atomic mass is 9.99. The average Bonchev–Trinajstić information content (AvgIpc) is 3.16. The number of halogens is 3. The summed E-state index contributed by atoms with van der Waals surface area (Å²) in [6, 6.07) is 5.71. The van der Waals surface area contributed by atoms with Crippen LogP contribution in [-0.2, 0) is 19.6 Å². The molecule has 1 atom stereocenters. The first-order valence-electron chi connectivity index (χ1n) is 11.7. The summed E-state index contributed by atoms with van der Waals surface area (Å²) in [7, 11) is 0. The smallest absolute Gasteiger partial charge is 0.406 e. The number of hydrogen-bond donors (Lipinski definition) is 0. The molecule has 33 heavy (non-hydrogen) atoms. The molecular weight excluding hydrogens is 431 g/mol. The van der Waals surface area contributed by atoms with Gasteiger partial charge in [0.15, 0.2) is 0 Å². The first-order chi connectivity index (χ1) is 15.6. The second-order valence-electron chi connectivity index (χ2n) is 9.09. The molecule has 1 aliphatic rings. The van der Waals surface area contributed by atoms with Crippen molar-refractivity contribution in [3.8, 4) is 5.75 Å². The van der Waals surface area contributed by atoms with Crippen LogP contribution in [0.4, 0.5) is 13.2 Å². The topological polar surface area (TPSA) is 47.4 Å². The third kappa shape index (κ3) is 6.37. The quantitative estimate of drug-likeness (QED) is 0.446. The van der Waals surface area contributed by atoms with E-state index in [1.807, 2.05) is 24.0 Å². The fourth-order valence-electron chi connectivity index (χ4n) is 4.57. The molecule has 0 spiro atoms. The van der Waals surface area contributed by atoms with Gasteiger partial charge in [0.1, 0.15) is 12.4 Å². The minimum absolute atomic E-state index is 0.105. The van der Waals surface area contributed by atoms with Crippen molar-refractivity contribution in [2.45, 2.75) is 85.2 Å². The van der Waals surface area contributed by atoms with E-state index in [2.05, 4.69) is 24.9 Å². The van der Waals surface area contributed by atoms with E-state index in [0.717, 1.165) is 46.9 Å². The Hall–Kier alpha value is -2.35. The van der Waals surface area contributed by atoms with Gasteiger partial charge in [-0.1, -0.05) is 50.5 Å². The minimum atomic E-state index is -4.54. The van der Waals surface area contributed by atoms with Gasteiger partial charge in [-0.15, -0.1) is 0 Å². The molecule has 1 aromatic heterocycles. The Balaban J connectivity index is 1.87. The highest BCUT2D eigenvalue weighted by molar-refractivity contribution is 5.34. The van der Waals surface area contributed by atoms with E-state index in [1.54, 1.807) is 6.92 Å². The summed E-state index contributed by atoms with van der Waals surface area (Å²) in [6.45, 7) is 8.10. The summed E-state index contributed by atoms with van der Waals surface area (Å²) >= 11 is 0. The summed E-state index contributed by atoms with van der Waals surface area (Å²) in [5, 5.41) is 0. The molecule has 8 heteroatoms. The van der Waals surface area contributed by atoms with E-state index >= 15 is 0 Å². The molecule has 0 aliphatic carbocycles. The Morgan fingerprint density at radius 2 is 1.79 bits per heavy atom. The van der Waals surface area contributed by atoms with E-state index < -0.39 is 24.3 Å². The van der Waals surface area contributed by atoms with Gasteiger partial charge in [0, 0.05) is 13.1 Å². The third-order valence-electron chi connectivity index (χ3n) is 6.28. The summed E-state index contributed by atoms with van der Waals surface area (Å²) in [6.07, 6.45) is 0.613. The lowest BCUT2D eigenvalue weighted by molar-refractivity contribution is -0.142. The van der Waals surface area contributed by atoms with Crippen LogP contribution in [0.15, 0.2) is 29.2 Å². The van der Waals surface area contributed by atoms with Crippen LogP contribution in [0.5, 0.6) is 5.75 Å². The summed E-state index contributed by atoms with van der Waals surface area (Å²) in [4.78, 5) is 19.4. The molecule has 0 bridgehead atoms. The van der Waals surface area contributed by atoms with Crippen molar-refractivity contribution in [3.05, 3.63) is 57.3 Å². The zero-order chi connectivity index (χ0) is 24.2. The lowest BCUT2D eigenvalue weighted by Crippen LogP contribution is -2.36. The largest absolute Gasteiger partial charge is 0.486 e. The van der Waals surface area contributed by atoms with Gasteiger partial charge in [0.25, 0.3) is 5.56 Å². The molecule has 0 N–H and O–H groups in total. The van der Waals surface area contributed by atoms with Crippen LogP contribution in [0, 0.1) is 12.8 Å². The summed E-state index contributed by atoms with van der Waals surface area (Å²) in [5.74, 6) is 0.251. The molecule has 1 aromatic carbocycles. The number of hydrogen-bond acceptors (Lipinski definition) is 4. The fraction of sp³-hybridized carbons (Fsp3) is 0.600. The van der Waals surface area contributed by atoms with Crippen LogP contribution in [0.1, 0.15) is 75.0 Å². The number of nitrogens with zero attached hydrogens (tertiary/aromatic N) is 3. The number of fused-ring (bicyclic) bond motifs is 1. The van der Waals surface area contributed by atoms with Gasteiger partial charge in [-0.2, -0.15) is 13.2 Å². The second kappa shape index (κ2) is 10.7. The van der Waals surface area contributed by atoms with Crippen molar-refractivity contribution in [2.75, 3.05) is 6.61 Å². The van der Waals surface area contributed by atoms with Crippen molar-refractivity contribution in [2.24, 2.45) is 5.92 Å². The second-order valence-corrected chi connectivity index (χ2v) is 9.09. The Kier molecular flexibility index (Phi) is 8.21. The third-order valence-corrected chi connectivity index (χ3v) is 6.28. The lowest BCUT2D eigenvalue weighted by Gasteiger charge is -2.26. The first-order valence-corrected chi connectivity index (χ1v) is 11.7. The van der Waals surface area contributed by atoms with Crippen LogP contribution in [0.25, 0.3) is 0 Å². The average molecular weight is 466 g/mol. The Bertz CT molecular complexity index is 997. The van der Waals surface area contributed by atoms with Crippen LogP contribution in [-0.4, -0.2) is 27.2 Å². The standard InChI is InChI=1S/C25H34F3N3O2/c1-5-7-19(8-6-2)15-33-22-12-29-23(31(24(22)32)16-25(26,27)28)18(4)30-13-20-10-9-17(3)11-21(20)14-30/h9-12,18-19H,5-8,13-16H2,1-4H3. The Labute approximate surface area is 193 Å². The van der Waals surface area contributed by atoms with Gasteiger partial charge in [-0.05, 0) is 43.7 Å². The molecule has 1 aliphatic heterocycles. The van der Waals surface area contributed by atoms with Gasteiger partial charge >= 0.3 is 6.18 Å². The van der Waals surface area contributed by atoms with Crippen molar-refractivity contribution in [1.82, 2.24) is 14.5 Å². The molecular formula is C25H34F3N3O2. The zero-order valence-electron chi connectivity index (χ0n) is 19.9. The maximum Gasteiger partial charge on any atom is 0.406 e. The molecule has 0 saturated heterocycles. The highest BCUT2D eigenvalue weighted by Crippen LogP contribution is 2.31. The molecule has 3 rings (SSSR count). The highest BCUT2D eigenvalue weighted by atomic mass is 19.4. The van der Waals surface area contributed by atoms with Crippen molar-refractivity contribution >= 4 is 0 Å². The number of aromatic nitrogens is 2. The molecule has 0 fully saturated rings. The van der Waals surface area contributed by atoms with Gasteiger partial charge in [0.2, 0.25) is 5.75 Å². The minimum Gasteiger partial charge on any atom is -0.486 e. The summed E-state index contributed by atoms with van der Waals surface area (Å²) < 4.78 is 46.7. The molecule has 5 nitrogen and oxygen atoms in total. The van der Waals surface area contributed by atoms with Gasteiger partial charge in [-0.25, -0.2) is 4.98 Å². The molecule has 2 heterocycles. The molecule has 1 unspecified atom stereocenters. The van der Waals surface area contributed by atoms with Gasteiger partial charge < -0.3 is 4.74 Å². The van der Waals surface area contributed by atoms with Crippen LogP contribution < -0.4 is 10.3 Å². The zero-order valence-corrected chi connectivity index (χ0v) is 19.9. The van der Waals surface area contributed by atoms with E-state index in [0.29, 0.717) is 19.7 Å². The van der Waals surface area contributed by atoms with E-state index in [4.69, 9.17) is 4.74 Å². The number of aryl methyl sites for hydroxylation is 1. The van der Waals surface area contributed by atoms with E-state index in [-0.39, 0.29) is 17.5 Å². The fourth-order valence-corrected chi connectivity index (χ4v) is 4.57. The predicted octanol–water partition coefficient (Wildman–Crippen LogP) is 5.79. The maximum atomic E-state index is 13.4. The normalized spacial score (nSPS) is 15.2. The van der Waals surface area contributed by atoms with E-state index in [1.165, 1.54) is 6.20 Å². The highest BCUT2D eigenvalue weighted by Gasteiger charge is 2.34. The van der Waals surface area contributed by atoms with Crippen molar-refractivity contribution in [1.29, 1.82) is 0 Å². The Morgan fingerprint density at radius 1 is 1.12 bits per heavy atom. The molecule has 2 aromatic rings. The maximum absolute atomic E-state index is 13.4. The van der Waals surface area contributed by atoms with Crippen molar-refractivity contribution < 1.29 is 17.9 Å². The van der Waals surface area contributed by atoms with Crippen molar-refractivity contribution in [3.63, 3.8) is 0 Å². The van der Waals surface area contributed by atoms with E-state index in [9.17, 15) is 18.0 Å². The van der Waals surface area contributed by atoms with Crippen LogP contribution >= 0.6 is 0 Å². The monoisotopic (exact) mass is 465 g/mol. The molecule has 0 saturated carbocycles. The van der Waals surface area contributed by atoms with Crippen LogP contribution in [0.2, 0.25) is 0 Å². The number of alkyl halides is 3. The first kappa shape index (κ1) is 25.3. The molecule has 0 radical (unpaired) electrons.